The SMILES string of the molecule is Nc1ccc(-c2cccc3c2-c2ccc(-c4ccc(-c5nc6ccccc6n5-c5ccccc5)cc4)cc2C32c3ccccc3Sc3ccccc32)cc1. The monoisotopic (exact) mass is 707 g/mol. The minimum absolute atomic E-state index is 0.483. The molecule has 4 heteroatoms. The summed E-state index contributed by atoms with van der Waals surface area (Å²) in [6, 6.07) is 68.0. The van der Waals surface area contributed by atoms with Gasteiger partial charge in [0.2, 0.25) is 0 Å². The highest BCUT2D eigenvalue weighted by Crippen LogP contribution is 2.63. The second kappa shape index (κ2) is 12.0. The summed E-state index contributed by atoms with van der Waals surface area (Å²) in [6.45, 7) is 0. The normalized spacial score (nSPS) is 13.3. The van der Waals surface area contributed by atoms with Gasteiger partial charge in [-0.15, -0.1) is 0 Å². The lowest BCUT2D eigenvalue weighted by Gasteiger charge is -2.39. The van der Waals surface area contributed by atoms with Gasteiger partial charge in [0.25, 0.3) is 0 Å². The van der Waals surface area contributed by atoms with E-state index < -0.39 is 5.41 Å². The zero-order chi connectivity index (χ0) is 35.8. The summed E-state index contributed by atoms with van der Waals surface area (Å²) < 4.78 is 2.26. The molecule has 1 aromatic heterocycles. The molecule has 11 rings (SSSR count). The maximum Gasteiger partial charge on any atom is 0.145 e. The van der Waals surface area contributed by atoms with E-state index in [-0.39, 0.29) is 0 Å². The second-order valence-electron chi connectivity index (χ2n) is 14.1. The number of nitrogen functional groups attached to an aromatic ring is 1. The Bertz CT molecular complexity index is 2860. The lowest BCUT2D eigenvalue weighted by molar-refractivity contribution is 0.723. The molecule has 2 N–H and O–H groups in total. The smallest absolute Gasteiger partial charge is 0.145 e. The van der Waals surface area contributed by atoms with E-state index in [9.17, 15) is 0 Å². The maximum absolute atomic E-state index is 6.17. The van der Waals surface area contributed by atoms with Crippen LogP contribution in [0.1, 0.15) is 22.3 Å². The lowest BCUT2D eigenvalue weighted by atomic mass is 9.67. The van der Waals surface area contributed by atoms with Crippen LogP contribution in [-0.4, -0.2) is 9.55 Å². The number of anilines is 1. The molecule has 0 radical (unpaired) electrons. The van der Waals surface area contributed by atoms with Gasteiger partial charge in [0.05, 0.1) is 16.4 Å². The van der Waals surface area contributed by atoms with E-state index in [1.54, 1.807) is 0 Å². The number of aromatic nitrogens is 2. The minimum atomic E-state index is -0.483. The molecular weight excluding hydrogens is 675 g/mol. The number of benzene rings is 8. The first-order valence-corrected chi connectivity index (χ1v) is 19.1. The van der Waals surface area contributed by atoms with Crippen LogP contribution in [-0.2, 0) is 5.41 Å². The predicted octanol–water partition coefficient (Wildman–Crippen LogP) is 12.4. The van der Waals surface area contributed by atoms with Crippen molar-refractivity contribution in [1.82, 2.24) is 9.55 Å². The van der Waals surface area contributed by atoms with Gasteiger partial charge in [0, 0.05) is 26.7 Å². The number of imidazole rings is 1. The largest absolute Gasteiger partial charge is 0.399 e. The fourth-order valence-corrected chi connectivity index (χ4v) is 10.1. The molecule has 2 aliphatic rings. The summed E-state index contributed by atoms with van der Waals surface area (Å²) in [6.07, 6.45) is 0. The summed E-state index contributed by atoms with van der Waals surface area (Å²) in [4.78, 5) is 7.71. The number of nitrogens with zero attached hydrogens (tertiary/aromatic N) is 2. The van der Waals surface area contributed by atoms with E-state index in [2.05, 4.69) is 180 Å². The molecule has 9 aromatic rings. The van der Waals surface area contributed by atoms with Gasteiger partial charge in [-0.3, -0.25) is 4.57 Å². The van der Waals surface area contributed by atoms with Crippen LogP contribution >= 0.6 is 11.8 Å². The van der Waals surface area contributed by atoms with Crippen LogP contribution in [0.3, 0.4) is 0 Å². The van der Waals surface area contributed by atoms with Gasteiger partial charge in [-0.25, -0.2) is 4.98 Å². The Labute approximate surface area is 318 Å². The van der Waals surface area contributed by atoms with Crippen molar-refractivity contribution in [2.24, 2.45) is 0 Å². The Hall–Kier alpha value is -6.62. The van der Waals surface area contributed by atoms with E-state index in [1.807, 2.05) is 23.9 Å². The predicted molar refractivity (Wildman–Crippen MR) is 223 cm³/mol. The zero-order valence-corrected chi connectivity index (χ0v) is 30.1. The third-order valence-electron chi connectivity index (χ3n) is 11.2. The summed E-state index contributed by atoms with van der Waals surface area (Å²) in [5, 5.41) is 0. The van der Waals surface area contributed by atoms with Gasteiger partial charge in [0.15, 0.2) is 0 Å². The highest BCUT2D eigenvalue weighted by atomic mass is 32.2. The summed E-state index contributed by atoms with van der Waals surface area (Å²) in [5.41, 5.74) is 23.3. The van der Waals surface area contributed by atoms with Crippen LogP contribution in [0.4, 0.5) is 5.69 Å². The molecule has 0 saturated heterocycles. The fourth-order valence-electron chi connectivity index (χ4n) is 8.90. The first-order valence-electron chi connectivity index (χ1n) is 18.3. The molecule has 8 aromatic carbocycles. The molecule has 0 bridgehead atoms. The van der Waals surface area contributed by atoms with E-state index in [1.165, 1.54) is 59.9 Å². The molecule has 0 unspecified atom stereocenters. The lowest BCUT2D eigenvalue weighted by Crippen LogP contribution is -2.32. The number of hydrogen-bond donors (Lipinski definition) is 1. The molecule has 2 heterocycles. The first kappa shape index (κ1) is 31.0. The fraction of sp³-hybridized carbons (Fsp3) is 0.0200. The summed E-state index contributed by atoms with van der Waals surface area (Å²) >= 11 is 1.87. The molecule has 1 spiro atoms. The summed E-state index contributed by atoms with van der Waals surface area (Å²) in [7, 11) is 0. The van der Waals surface area contributed by atoms with Gasteiger partial charge >= 0.3 is 0 Å². The van der Waals surface area contributed by atoms with Crippen LogP contribution in [0, 0.1) is 0 Å². The Morgan fingerprint density at radius 3 is 1.83 bits per heavy atom. The topological polar surface area (TPSA) is 43.8 Å². The van der Waals surface area contributed by atoms with Crippen molar-refractivity contribution in [2.45, 2.75) is 15.2 Å². The highest BCUT2D eigenvalue weighted by molar-refractivity contribution is 7.99. The standard InChI is InChI=1S/C50H33N3S/c51-36-28-25-33(26-29-36)38-13-10-16-42-48(38)39-30-27-35(31-43(39)50(42)40-14-4-8-19-46(40)54-47-20-9-5-15-41(47)50)32-21-23-34(24-22-32)49-52-44-17-6-7-18-45(44)53(49)37-11-2-1-3-12-37/h1-31H,51H2. The molecule has 0 amide bonds. The summed E-state index contributed by atoms with van der Waals surface area (Å²) in [5.74, 6) is 0.931. The van der Waals surface area contributed by atoms with Crippen LogP contribution in [0.25, 0.3) is 61.5 Å². The van der Waals surface area contributed by atoms with Gasteiger partial charge in [-0.1, -0.05) is 145 Å². The average molecular weight is 708 g/mol. The molecular formula is C50H33N3S. The third kappa shape index (κ3) is 4.47. The van der Waals surface area contributed by atoms with Crippen LogP contribution in [0.2, 0.25) is 0 Å². The molecule has 0 fully saturated rings. The van der Waals surface area contributed by atoms with Crippen molar-refractivity contribution in [3.8, 4) is 50.5 Å². The molecule has 0 atom stereocenters. The Balaban J connectivity index is 1.12. The van der Waals surface area contributed by atoms with Crippen molar-refractivity contribution < 1.29 is 0 Å². The first-order chi connectivity index (χ1) is 26.7. The Morgan fingerprint density at radius 1 is 0.463 bits per heavy atom. The van der Waals surface area contributed by atoms with Crippen molar-refractivity contribution in [2.75, 3.05) is 5.73 Å². The molecule has 254 valence electrons. The number of rotatable bonds is 4. The van der Waals surface area contributed by atoms with Crippen LogP contribution < -0.4 is 5.73 Å². The van der Waals surface area contributed by atoms with Crippen LogP contribution in [0.5, 0.6) is 0 Å². The van der Waals surface area contributed by atoms with E-state index in [0.29, 0.717) is 0 Å². The molecule has 1 aliphatic heterocycles. The molecule has 3 nitrogen and oxygen atoms in total. The molecule has 54 heavy (non-hydrogen) atoms. The van der Waals surface area contributed by atoms with Crippen molar-refractivity contribution in [3.05, 3.63) is 210 Å². The second-order valence-corrected chi connectivity index (χ2v) is 15.2. The van der Waals surface area contributed by atoms with E-state index in [4.69, 9.17) is 10.7 Å². The average Bonchev–Trinajstić information content (AvgIpc) is 3.76. The zero-order valence-electron chi connectivity index (χ0n) is 29.3. The van der Waals surface area contributed by atoms with Gasteiger partial charge in [-0.2, -0.15) is 0 Å². The van der Waals surface area contributed by atoms with Crippen molar-refractivity contribution in [1.29, 1.82) is 0 Å². The van der Waals surface area contributed by atoms with E-state index >= 15 is 0 Å². The molecule has 0 saturated carbocycles. The van der Waals surface area contributed by atoms with E-state index in [0.717, 1.165) is 39.4 Å². The number of hydrogen-bond acceptors (Lipinski definition) is 3. The van der Waals surface area contributed by atoms with Crippen molar-refractivity contribution >= 4 is 28.5 Å². The minimum Gasteiger partial charge on any atom is -0.399 e. The maximum atomic E-state index is 6.17. The van der Waals surface area contributed by atoms with Crippen LogP contribution in [0.15, 0.2) is 198 Å². The van der Waals surface area contributed by atoms with Gasteiger partial charge < -0.3 is 5.73 Å². The number of fused-ring (bicyclic) bond motifs is 10. The highest BCUT2D eigenvalue weighted by Gasteiger charge is 2.50. The third-order valence-corrected chi connectivity index (χ3v) is 12.4. The van der Waals surface area contributed by atoms with Gasteiger partial charge in [-0.05, 0) is 110 Å². The Kier molecular flexibility index (Phi) is 6.85. The van der Waals surface area contributed by atoms with Crippen molar-refractivity contribution in [3.63, 3.8) is 0 Å². The number of para-hydroxylation sites is 3. The number of nitrogens with two attached hydrogens (primary N) is 1. The van der Waals surface area contributed by atoms with Gasteiger partial charge in [0.1, 0.15) is 5.82 Å². The Morgan fingerprint density at radius 2 is 1.07 bits per heavy atom. The molecule has 1 aliphatic carbocycles. The quantitative estimate of drug-likeness (QED) is 0.185.